The third kappa shape index (κ3) is 3.19. The summed E-state index contributed by atoms with van der Waals surface area (Å²) in [6.07, 6.45) is 3.58. The van der Waals surface area contributed by atoms with E-state index in [-0.39, 0.29) is 36.3 Å². The molecule has 4 atom stereocenters. The van der Waals surface area contributed by atoms with Gasteiger partial charge in [0.25, 0.3) is 5.91 Å². The molecule has 3 aliphatic rings. The van der Waals surface area contributed by atoms with Gasteiger partial charge in [0, 0.05) is 36.8 Å². The second-order valence-corrected chi connectivity index (χ2v) is 9.25. The number of amides is 1. The molecule has 0 aliphatic heterocycles. The second kappa shape index (κ2) is 7.79. The molecule has 2 aromatic rings. The van der Waals surface area contributed by atoms with Crippen molar-refractivity contribution in [1.82, 2.24) is 15.1 Å². The molecule has 5 rings (SSSR count). The van der Waals surface area contributed by atoms with Crippen molar-refractivity contribution in [2.75, 3.05) is 0 Å². The van der Waals surface area contributed by atoms with E-state index in [0.29, 0.717) is 11.1 Å². The third-order valence-electron chi connectivity index (χ3n) is 7.22. The number of aliphatic hydroxyl groups excluding tert-OH is 2. The van der Waals surface area contributed by atoms with E-state index in [1.807, 2.05) is 0 Å². The molecule has 1 aromatic carbocycles. The van der Waals surface area contributed by atoms with Crippen LogP contribution in [0, 0.1) is 11.8 Å². The van der Waals surface area contributed by atoms with Gasteiger partial charge < -0.3 is 31.5 Å². The summed E-state index contributed by atoms with van der Waals surface area (Å²) in [5, 5.41) is 50.8. The Morgan fingerprint density at radius 1 is 1.29 bits per heavy atom. The number of benzene rings is 1. The molecule has 182 valence electrons. The number of nitrogens with zero attached hydrogens (tertiary/aromatic N) is 2. The Labute approximate surface area is 199 Å². The molecule has 7 N–H and O–H groups in total. The van der Waals surface area contributed by atoms with Crippen LogP contribution in [0.25, 0.3) is 5.76 Å². The van der Waals surface area contributed by atoms with E-state index < -0.39 is 58.0 Å². The zero-order valence-electron chi connectivity index (χ0n) is 18.7. The Morgan fingerprint density at radius 3 is 2.69 bits per heavy atom. The van der Waals surface area contributed by atoms with Crippen LogP contribution >= 0.6 is 0 Å². The van der Waals surface area contributed by atoms with Crippen LogP contribution in [0.5, 0.6) is 5.75 Å². The molecule has 0 radical (unpaired) electrons. The number of Topliss-reactive ketones (excluding diaryl/α,β-unsaturated/α-hetero) is 2. The number of ketones is 2. The van der Waals surface area contributed by atoms with Gasteiger partial charge in [0.15, 0.2) is 11.4 Å². The van der Waals surface area contributed by atoms with Gasteiger partial charge in [0.1, 0.15) is 22.8 Å². The third-order valence-corrected chi connectivity index (χ3v) is 7.22. The van der Waals surface area contributed by atoms with Gasteiger partial charge in [-0.25, -0.2) is 0 Å². The highest BCUT2D eigenvalue weighted by Crippen LogP contribution is 2.51. The van der Waals surface area contributed by atoms with Crippen molar-refractivity contribution in [1.29, 1.82) is 0 Å². The molecular weight excluding hydrogens is 456 g/mol. The van der Waals surface area contributed by atoms with E-state index in [9.17, 15) is 34.8 Å². The first kappa shape index (κ1) is 22.8. The smallest absolute Gasteiger partial charge is 0.255 e. The first-order valence-corrected chi connectivity index (χ1v) is 11.1. The number of rotatable bonds is 4. The lowest BCUT2D eigenvalue weighted by Crippen LogP contribution is -2.66. The molecule has 0 spiro atoms. The number of nitrogens with one attached hydrogen (secondary N) is 1. The fourth-order valence-corrected chi connectivity index (χ4v) is 5.64. The summed E-state index contributed by atoms with van der Waals surface area (Å²) >= 11 is 0. The van der Waals surface area contributed by atoms with Crippen molar-refractivity contribution in [3.05, 3.63) is 64.2 Å². The Kier molecular flexibility index (Phi) is 5.08. The molecule has 0 unspecified atom stereocenters. The summed E-state index contributed by atoms with van der Waals surface area (Å²) in [6.45, 7) is 0.132. The van der Waals surface area contributed by atoms with Gasteiger partial charge in [-0.2, -0.15) is 5.10 Å². The number of fused-ring (bicyclic) bond motifs is 3. The molecule has 3 aliphatic carbocycles. The lowest BCUT2D eigenvalue weighted by Gasteiger charge is -2.49. The van der Waals surface area contributed by atoms with Crippen molar-refractivity contribution < 1.29 is 34.8 Å². The molecule has 0 saturated heterocycles. The number of aryl methyl sites for hydroxylation is 1. The summed E-state index contributed by atoms with van der Waals surface area (Å²) in [7, 11) is 1.72. The van der Waals surface area contributed by atoms with Crippen LogP contribution in [-0.2, 0) is 34.4 Å². The number of carbonyl (C=O) groups is 3. The first-order valence-electron chi connectivity index (χ1n) is 11.1. The lowest BCUT2D eigenvalue weighted by atomic mass is 9.57. The normalized spacial score (nSPS) is 28.0. The predicted octanol–water partition coefficient (Wildman–Crippen LogP) is -0.0743. The number of hydrogen-bond acceptors (Lipinski definition) is 9. The number of aromatic nitrogens is 2. The monoisotopic (exact) mass is 480 g/mol. The van der Waals surface area contributed by atoms with Gasteiger partial charge in [-0.15, -0.1) is 0 Å². The molecule has 35 heavy (non-hydrogen) atoms. The van der Waals surface area contributed by atoms with Crippen LogP contribution in [0.4, 0.5) is 0 Å². The number of hydrogen-bond donors (Lipinski definition) is 6. The van der Waals surface area contributed by atoms with Crippen LogP contribution < -0.4 is 11.1 Å². The van der Waals surface area contributed by atoms with E-state index >= 15 is 0 Å². The summed E-state index contributed by atoms with van der Waals surface area (Å²) in [4.78, 5) is 39.1. The van der Waals surface area contributed by atoms with Crippen molar-refractivity contribution in [2.45, 2.75) is 31.0 Å². The Bertz CT molecular complexity index is 1360. The minimum Gasteiger partial charge on any atom is -0.508 e. The predicted molar refractivity (Wildman–Crippen MR) is 121 cm³/mol. The maximum absolute atomic E-state index is 13.7. The zero-order chi connectivity index (χ0) is 25.2. The highest BCUT2D eigenvalue weighted by molar-refractivity contribution is 6.24. The van der Waals surface area contributed by atoms with Crippen LogP contribution in [-0.4, -0.2) is 59.3 Å². The minimum atomic E-state index is -2.67. The molecule has 1 saturated carbocycles. The van der Waals surface area contributed by atoms with Gasteiger partial charge in [-0.1, -0.05) is 12.1 Å². The number of aliphatic hydroxyl groups is 3. The van der Waals surface area contributed by atoms with Gasteiger partial charge in [0.05, 0.1) is 17.8 Å². The topological polar surface area (TPSA) is 188 Å². The van der Waals surface area contributed by atoms with E-state index in [1.54, 1.807) is 36.3 Å². The maximum Gasteiger partial charge on any atom is 0.255 e. The standard InChI is InChI=1S/C24H24N4O7/c1-28-9-10(8-27-28)7-26-18-13-6-12-5-11-3-2-4-14(29)15(11)19(30)16(12)21(32)24(13,35)22(33)17(20(18)31)23(25)34/h2-4,8-9,12-13,18,26,29-30,33,35H,5-7H2,1H3,(H2,25,34)/t12-,13-,18+,24-/m0/s1. The Morgan fingerprint density at radius 2 is 2.03 bits per heavy atom. The molecule has 11 nitrogen and oxygen atoms in total. The van der Waals surface area contributed by atoms with Gasteiger partial charge in [0.2, 0.25) is 5.78 Å². The minimum absolute atomic E-state index is 0.0310. The second-order valence-electron chi connectivity index (χ2n) is 9.25. The lowest BCUT2D eigenvalue weighted by molar-refractivity contribution is -0.150. The SMILES string of the molecule is Cn1cc(CN[C@H]2C(=O)C(C(N)=O)=C(O)[C@@]3(O)C(=O)C4=C(O)c5c(O)cccc5C[C@H]4C[C@@H]23)cn1. The van der Waals surface area contributed by atoms with Crippen molar-refractivity contribution >= 4 is 23.2 Å². The number of nitrogens with two attached hydrogens (primary N) is 1. The molecule has 1 heterocycles. The highest BCUT2D eigenvalue weighted by Gasteiger charge is 2.63. The molecular formula is C24H24N4O7. The van der Waals surface area contributed by atoms with E-state index in [0.717, 1.165) is 0 Å². The van der Waals surface area contributed by atoms with Gasteiger partial charge >= 0.3 is 0 Å². The Hall–Kier alpha value is -3.96. The average molecular weight is 480 g/mol. The number of aromatic hydroxyl groups is 1. The van der Waals surface area contributed by atoms with Crippen LogP contribution in [0.3, 0.4) is 0 Å². The highest BCUT2D eigenvalue weighted by atomic mass is 16.3. The van der Waals surface area contributed by atoms with Crippen LogP contribution in [0.2, 0.25) is 0 Å². The summed E-state index contributed by atoms with van der Waals surface area (Å²) in [5.74, 6) is -6.76. The molecule has 1 amide bonds. The Balaban J connectivity index is 1.63. The number of phenolic OH excluding ortho intramolecular Hbond substituents is 1. The van der Waals surface area contributed by atoms with E-state index in [2.05, 4.69) is 10.4 Å². The van der Waals surface area contributed by atoms with Crippen molar-refractivity contribution in [2.24, 2.45) is 24.6 Å². The molecule has 1 fully saturated rings. The van der Waals surface area contributed by atoms with E-state index in [4.69, 9.17) is 5.73 Å². The maximum atomic E-state index is 13.7. The van der Waals surface area contributed by atoms with Crippen molar-refractivity contribution in [3.8, 4) is 5.75 Å². The molecule has 0 bridgehead atoms. The number of phenols is 1. The average Bonchev–Trinajstić information content (AvgIpc) is 3.21. The summed E-state index contributed by atoms with van der Waals surface area (Å²) < 4.78 is 1.56. The first-order chi connectivity index (χ1) is 16.6. The number of primary amides is 1. The largest absolute Gasteiger partial charge is 0.508 e. The summed E-state index contributed by atoms with van der Waals surface area (Å²) in [6, 6.07) is 3.46. The van der Waals surface area contributed by atoms with E-state index in [1.165, 1.54) is 6.07 Å². The fraction of sp³-hybridized carbons (Fsp3) is 0.333. The van der Waals surface area contributed by atoms with Gasteiger partial charge in [-0.05, 0) is 30.4 Å². The quantitative estimate of drug-likeness (QED) is 0.325. The number of carbonyl (C=O) groups excluding carboxylic acids is 3. The van der Waals surface area contributed by atoms with Crippen molar-refractivity contribution in [3.63, 3.8) is 0 Å². The summed E-state index contributed by atoms with van der Waals surface area (Å²) in [5.41, 5.74) is 3.04. The van der Waals surface area contributed by atoms with Crippen LogP contribution in [0.15, 0.2) is 47.5 Å². The molecule has 1 aromatic heterocycles. The van der Waals surface area contributed by atoms with Crippen LogP contribution in [0.1, 0.15) is 23.1 Å². The van der Waals surface area contributed by atoms with Gasteiger partial charge in [-0.3, -0.25) is 19.1 Å². The fourth-order valence-electron chi connectivity index (χ4n) is 5.64. The zero-order valence-corrected chi connectivity index (χ0v) is 18.7. The molecule has 11 heteroatoms.